The maximum atomic E-state index is 14.9. The number of aromatic nitrogens is 3. The van der Waals surface area contributed by atoms with Crippen LogP contribution in [0.1, 0.15) is 50.8 Å². The Kier molecular flexibility index (Phi) is 18.0. The number of thiazole rings is 1. The number of anilines is 3. The van der Waals surface area contributed by atoms with Crippen LogP contribution in [0, 0.1) is 6.92 Å². The molecular formula is C45H58ClFN8O8S2. The zero-order chi connectivity index (χ0) is 46.4. The molecule has 3 heterocycles. The van der Waals surface area contributed by atoms with Crippen molar-refractivity contribution in [3.8, 4) is 21.9 Å². The Morgan fingerprint density at radius 3 is 2.38 bits per heavy atom. The highest BCUT2D eigenvalue weighted by Crippen LogP contribution is 2.41. The number of carbonyl (C=O) groups excluding carboxylic acids is 3. The Hall–Kier alpha value is -4.79. The van der Waals surface area contributed by atoms with Crippen molar-refractivity contribution >= 4 is 69.9 Å². The van der Waals surface area contributed by atoms with Gasteiger partial charge in [0, 0.05) is 36.7 Å². The van der Waals surface area contributed by atoms with Gasteiger partial charge in [0.05, 0.1) is 74.7 Å². The molecule has 65 heavy (non-hydrogen) atoms. The highest BCUT2D eigenvalue weighted by Gasteiger charge is 2.53. The minimum Gasteiger partial charge on any atom is -0.494 e. The van der Waals surface area contributed by atoms with Crippen LogP contribution in [0.25, 0.3) is 10.4 Å². The number of nitrogens with one attached hydrogen (secondary N) is 4. The lowest BCUT2D eigenvalue weighted by atomic mass is 10.00. The molecule has 20 heteroatoms. The molecule has 4 aromatic rings. The summed E-state index contributed by atoms with van der Waals surface area (Å²) in [6, 6.07) is 11.5. The number of ether oxygens (including phenoxy) is 5. The Morgan fingerprint density at radius 1 is 1.02 bits per heavy atom. The van der Waals surface area contributed by atoms with Crippen LogP contribution in [0.15, 0.2) is 54.2 Å². The summed E-state index contributed by atoms with van der Waals surface area (Å²) in [5.41, 5.74) is 3.46. The lowest BCUT2D eigenvalue weighted by Gasteiger charge is -2.37. The molecule has 1 aliphatic carbocycles. The van der Waals surface area contributed by atoms with E-state index in [1.165, 1.54) is 22.9 Å². The number of halogens is 2. The predicted molar refractivity (Wildman–Crippen MR) is 251 cm³/mol. The third kappa shape index (κ3) is 13.9. The van der Waals surface area contributed by atoms with Crippen LogP contribution < -0.4 is 30.7 Å². The van der Waals surface area contributed by atoms with Crippen LogP contribution in [-0.2, 0) is 35.1 Å². The summed E-state index contributed by atoms with van der Waals surface area (Å²) in [7, 11) is 3.28. The van der Waals surface area contributed by atoms with Crippen molar-refractivity contribution in [1.29, 1.82) is 0 Å². The van der Waals surface area contributed by atoms with E-state index in [1.54, 1.807) is 43.7 Å². The second-order valence-electron chi connectivity index (χ2n) is 16.0. The molecule has 2 aliphatic rings. The van der Waals surface area contributed by atoms with Crippen molar-refractivity contribution in [2.45, 2.75) is 75.5 Å². The summed E-state index contributed by atoms with van der Waals surface area (Å²) < 4.78 is 42.5. The smallest absolute Gasteiger partial charge is 0.258 e. The van der Waals surface area contributed by atoms with Crippen LogP contribution in [0.5, 0.6) is 11.5 Å². The van der Waals surface area contributed by atoms with Crippen LogP contribution in [0.2, 0.25) is 5.02 Å². The Labute approximate surface area is 392 Å². The van der Waals surface area contributed by atoms with E-state index >= 15 is 0 Å². The first kappa shape index (κ1) is 49.6. The van der Waals surface area contributed by atoms with Crippen LogP contribution in [0.4, 0.5) is 21.8 Å². The van der Waals surface area contributed by atoms with Crippen molar-refractivity contribution in [3.05, 3.63) is 70.5 Å². The molecule has 0 spiro atoms. The molecule has 1 saturated carbocycles. The highest BCUT2D eigenvalue weighted by molar-refractivity contribution is 8.00. The number of nitrogens with zero attached hydrogens (tertiary/aromatic N) is 4. The summed E-state index contributed by atoms with van der Waals surface area (Å²) in [6.45, 7) is 8.82. The van der Waals surface area contributed by atoms with Crippen molar-refractivity contribution in [2.75, 3.05) is 83.3 Å². The second-order valence-corrected chi connectivity index (χ2v) is 19.0. The van der Waals surface area contributed by atoms with Gasteiger partial charge in [-0.1, -0.05) is 35.9 Å². The molecule has 4 N–H and O–H groups in total. The number of carbonyl (C=O) groups is 3. The van der Waals surface area contributed by atoms with E-state index in [-0.39, 0.29) is 18.7 Å². The molecule has 2 aromatic heterocycles. The number of hydrogen-bond donors (Lipinski definition) is 4. The van der Waals surface area contributed by atoms with E-state index in [4.69, 9.17) is 35.3 Å². The normalized spacial score (nSPS) is 15.9. The molecule has 0 bridgehead atoms. The predicted octanol–water partition coefficient (Wildman–Crippen LogP) is 6.59. The second kappa shape index (κ2) is 23.6. The Balaban J connectivity index is 0.871. The van der Waals surface area contributed by atoms with Crippen molar-refractivity contribution in [1.82, 2.24) is 30.5 Å². The van der Waals surface area contributed by atoms with Gasteiger partial charge in [-0.3, -0.25) is 14.4 Å². The number of benzene rings is 2. The molecule has 352 valence electrons. The number of amides is 3. The fourth-order valence-corrected chi connectivity index (χ4v) is 9.10. The summed E-state index contributed by atoms with van der Waals surface area (Å²) >= 11 is 9.10. The SMILES string of the molecule is CNc1nc(Nc2ccc(OCCOCCOCCOCCSC(C)(C)C(NC(=O)C3(F)CC3)C(=O)N3CCC[C@H]3C(=O)NCc3ccc(-c4scnc4C)cc3)cc2OC)ncc1Cl. The molecule has 2 fully saturated rings. The fourth-order valence-electron chi connectivity index (χ4n) is 7.05. The summed E-state index contributed by atoms with van der Waals surface area (Å²) in [5.74, 6) is 1.05. The molecule has 2 aromatic carbocycles. The molecule has 1 saturated heterocycles. The first-order valence-corrected chi connectivity index (χ1v) is 23.8. The summed E-state index contributed by atoms with van der Waals surface area (Å²) in [6.07, 6.45) is 2.87. The van der Waals surface area contributed by atoms with E-state index in [0.29, 0.717) is 112 Å². The van der Waals surface area contributed by atoms with Gasteiger partial charge in [0.2, 0.25) is 17.8 Å². The van der Waals surface area contributed by atoms with Gasteiger partial charge in [-0.2, -0.15) is 16.7 Å². The lowest BCUT2D eigenvalue weighted by molar-refractivity contribution is -0.143. The first-order chi connectivity index (χ1) is 31.3. The molecular weight excluding hydrogens is 899 g/mol. The maximum Gasteiger partial charge on any atom is 0.258 e. The number of aryl methyl sites for hydroxylation is 1. The van der Waals surface area contributed by atoms with Gasteiger partial charge >= 0.3 is 0 Å². The van der Waals surface area contributed by atoms with Gasteiger partial charge in [-0.05, 0) is 69.7 Å². The molecule has 6 rings (SSSR count). The largest absolute Gasteiger partial charge is 0.494 e. The van der Waals surface area contributed by atoms with E-state index in [1.807, 2.05) is 50.5 Å². The minimum absolute atomic E-state index is 0.121. The number of likely N-dealkylation sites (tertiary alicyclic amines) is 1. The maximum absolute atomic E-state index is 14.9. The summed E-state index contributed by atoms with van der Waals surface area (Å²) in [4.78, 5) is 56.3. The number of rotatable bonds is 26. The van der Waals surface area contributed by atoms with E-state index in [2.05, 4.69) is 36.2 Å². The molecule has 1 unspecified atom stereocenters. The number of thioether (sulfide) groups is 1. The van der Waals surface area contributed by atoms with Gasteiger partial charge in [0.1, 0.15) is 41.0 Å². The number of hydrogen-bond acceptors (Lipinski definition) is 15. The molecule has 2 atom stereocenters. The van der Waals surface area contributed by atoms with E-state index < -0.39 is 34.3 Å². The monoisotopic (exact) mass is 956 g/mol. The van der Waals surface area contributed by atoms with Crippen LogP contribution in [0.3, 0.4) is 0 Å². The fraction of sp³-hybridized carbons (Fsp3) is 0.511. The van der Waals surface area contributed by atoms with Gasteiger partial charge < -0.3 is 49.9 Å². The van der Waals surface area contributed by atoms with Gasteiger partial charge in [0.25, 0.3) is 5.91 Å². The molecule has 16 nitrogen and oxygen atoms in total. The van der Waals surface area contributed by atoms with Gasteiger partial charge in [-0.15, -0.1) is 11.3 Å². The minimum atomic E-state index is -1.97. The van der Waals surface area contributed by atoms with Gasteiger partial charge in [0.15, 0.2) is 5.67 Å². The first-order valence-electron chi connectivity index (χ1n) is 21.5. The van der Waals surface area contributed by atoms with Gasteiger partial charge in [-0.25, -0.2) is 14.4 Å². The Morgan fingerprint density at radius 2 is 1.72 bits per heavy atom. The number of alkyl halides is 1. The average molecular weight is 958 g/mol. The zero-order valence-corrected chi connectivity index (χ0v) is 39.8. The van der Waals surface area contributed by atoms with Crippen LogP contribution in [-0.4, -0.2) is 133 Å². The molecule has 3 amide bonds. The highest BCUT2D eigenvalue weighted by atomic mass is 35.5. The van der Waals surface area contributed by atoms with Crippen molar-refractivity contribution in [2.24, 2.45) is 0 Å². The average Bonchev–Trinajstić information content (AvgIpc) is 3.63. The summed E-state index contributed by atoms with van der Waals surface area (Å²) in [5, 5.41) is 12.2. The third-order valence-corrected chi connectivity index (χ3v) is 13.5. The zero-order valence-electron chi connectivity index (χ0n) is 37.4. The molecule has 1 aliphatic heterocycles. The topological polar surface area (TPSA) is 187 Å². The van der Waals surface area contributed by atoms with Crippen molar-refractivity contribution in [3.63, 3.8) is 0 Å². The third-order valence-electron chi connectivity index (χ3n) is 10.9. The van der Waals surface area contributed by atoms with E-state index in [9.17, 15) is 18.8 Å². The van der Waals surface area contributed by atoms with Crippen molar-refractivity contribution < 1.29 is 42.5 Å². The van der Waals surface area contributed by atoms with Crippen LogP contribution >= 0.6 is 34.7 Å². The molecule has 0 radical (unpaired) electrons. The quantitative estimate of drug-likeness (QED) is 0.0494. The lowest BCUT2D eigenvalue weighted by Crippen LogP contribution is -2.61. The van der Waals surface area contributed by atoms with E-state index in [0.717, 1.165) is 21.7 Å². The Bertz CT molecular complexity index is 2220. The standard InChI is InChI=1S/C45H58ClFN8O8S2/c1-29-37(64-28-51-29)31-10-8-30(9-11-31)26-49-40(56)35-7-6-16-55(35)41(57)38(53-42(58)45(47)14-15-45)44(2,3)65-24-23-62-20-19-60-17-18-61-21-22-63-32-12-13-34(36(25-32)59-5)52-43-50-27-33(46)39(48-4)54-43/h8-13,25,27-28,35,38H,6-7,14-24,26H2,1-5H3,(H,49,56)(H,53,58)(H2,48,50,52,54)/t35-,38?/m0/s1. The number of methoxy groups -OCH3 is 1.